The summed E-state index contributed by atoms with van der Waals surface area (Å²) in [6, 6.07) is 0.673. The molecule has 1 rings (SSSR count). The van der Waals surface area contributed by atoms with E-state index in [0.717, 1.165) is 12.1 Å². The van der Waals surface area contributed by atoms with Gasteiger partial charge in [0.15, 0.2) is 0 Å². The molecule has 4 nitrogen and oxygen atoms in total. The van der Waals surface area contributed by atoms with Crippen molar-refractivity contribution in [3.63, 3.8) is 0 Å². The third kappa shape index (κ3) is 2.98. The second kappa shape index (κ2) is 3.93. The second-order valence-electron chi connectivity index (χ2n) is 2.90. The van der Waals surface area contributed by atoms with Crippen LogP contribution in [0.2, 0.25) is 0 Å². The van der Waals surface area contributed by atoms with Crippen LogP contribution in [0.25, 0.3) is 0 Å². The molecule has 0 spiro atoms. The predicted molar refractivity (Wildman–Crippen MR) is 42.9 cm³/mol. The Labute approximate surface area is 82.5 Å². The minimum Gasteiger partial charge on any atom is -0.481 e. The molecule has 15 heavy (non-hydrogen) atoms. The first-order valence-electron chi connectivity index (χ1n) is 3.95. The molecule has 1 atom stereocenters. The summed E-state index contributed by atoms with van der Waals surface area (Å²) in [5, 5.41) is 8.37. The Hall–Kier alpha value is -1.50. The normalized spacial score (nSPS) is 13.9. The molecule has 0 amide bonds. The zero-order valence-corrected chi connectivity index (χ0v) is 7.41. The van der Waals surface area contributed by atoms with Crippen LogP contribution in [-0.2, 0) is 11.0 Å². The lowest BCUT2D eigenvalue weighted by atomic mass is 10.2. The summed E-state index contributed by atoms with van der Waals surface area (Å²) in [5.41, 5.74) is 5.31. The highest BCUT2D eigenvalue weighted by Crippen LogP contribution is 2.32. The summed E-state index contributed by atoms with van der Waals surface area (Å²) >= 11 is 0. The lowest BCUT2D eigenvalue weighted by Crippen LogP contribution is -2.14. The van der Waals surface area contributed by atoms with E-state index < -0.39 is 30.4 Å². The number of carboxylic acid groups (broad SMARTS) is 1. The first kappa shape index (κ1) is 11.6. The number of furan rings is 1. The molecule has 1 aromatic heterocycles. The molecule has 0 aliphatic heterocycles. The molecule has 0 fully saturated rings. The number of hydrogen-bond donors (Lipinski definition) is 2. The van der Waals surface area contributed by atoms with Gasteiger partial charge >= 0.3 is 12.1 Å². The molecule has 0 saturated carbocycles. The molecule has 0 bridgehead atoms. The van der Waals surface area contributed by atoms with Crippen molar-refractivity contribution in [1.29, 1.82) is 0 Å². The van der Waals surface area contributed by atoms with Gasteiger partial charge in [-0.25, -0.2) is 0 Å². The van der Waals surface area contributed by atoms with Crippen molar-refractivity contribution in [2.75, 3.05) is 0 Å². The molecule has 84 valence electrons. The van der Waals surface area contributed by atoms with Crippen molar-refractivity contribution < 1.29 is 27.5 Å². The second-order valence-corrected chi connectivity index (χ2v) is 2.90. The molecular formula is C8H8F3NO3. The zero-order chi connectivity index (χ0) is 11.6. The van der Waals surface area contributed by atoms with Crippen LogP contribution in [-0.4, -0.2) is 11.1 Å². The van der Waals surface area contributed by atoms with Crippen LogP contribution in [0.15, 0.2) is 16.5 Å². The number of nitrogens with two attached hydrogens (primary N) is 1. The largest absolute Gasteiger partial charge is 0.481 e. The van der Waals surface area contributed by atoms with Crippen molar-refractivity contribution in [2.45, 2.75) is 18.6 Å². The van der Waals surface area contributed by atoms with Gasteiger partial charge in [0.05, 0.1) is 12.5 Å². The molecule has 7 heteroatoms. The number of carbonyl (C=O) groups is 1. The molecule has 1 unspecified atom stereocenters. The van der Waals surface area contributed by atoms with Gasteiger partial charge in [0.2, 0.25) is 5.76 Å². The van der Waals surface area contributed by atoms with Crippen LogP contribution in [0.5, 0.6) is 0 Å². The number of carboxylic acids is 1. The van der Waals surface area contributed by atoms with Gasteiger partial charge in [-0.3, -0.25) is 4.79 Å². The van der Waals surface area contributed by atoms with Crippen LogP contribution >= 0.6 is 0 Å². The summed E-state index contributed by atoms with van der Waals surface area (Å²) in [6.07, 6.45) is -5.06. The molecule has 0 saturated heterocycles. The lowest BCUT2D eigenvalue weighted by molar-refractivity contribution is -0.153. The van der Waals surface area contributed by atoms with Crippen molar-refractivity contribution in [3.05, 3.63) is 23.7 Å². The average Bonchev–Trinajstić information content (AvgIpc) is 2.48. The van der Waals surface area contributed by atoms with Crippen LogP contribution in [0.3, 0.4) is 0 Å². The first-order valence-corrected chi connectivity index (χ1v) is 3.95. The summed E-state index contributed by atoms with van der Waals surface area (Å²) in [4.78, 5) is 10.2. The minimum atomic E-state index is -4.58. The smallest absolute Gasteiger partial charge is 0.449 e. The van der Waals surface area contributed by atoms with Gasteiger partial charge in [0, 0.05) is 0 Å². The van der Waals surface area contributed by atoms with Crippen molar-refractivity contribution >= 4 is 5.97 Å². The molecule has 0 aromatic carbocycles. The Bertz CT molecular complexity index is 358. The molecule has 0 aliphatic carbocycles. The number of rotatable bonds is 3. The number of alkyl halides is 3. The lowest BCUT2D eigenvalue weighted by Gasteiger charge is -2.05. The standard InChI is InChI=1S/C8H8F3NO3/c9-8(10,11)6-2-1-5(15-6)4(12)3-7(13)14/h1-2,4H,3,12H2,(H,13,14). The quantitative estimate of drug-likeness (QED) is 0.818. The molecule has 3 N–H and O–H groups in total. The van der Waals surface area contributed by atoms with E-state index in [-0.39, 0.29) is 5.76 Å². The predicted octanol–water partition coefficient (Wildman–Crippen LogP) is 1.77. The Morgan fingerprint density at radius 2 is 2.13 bits per heavy atom. The van der Waals surface area contributed by atoms with Crippen LogP contribution in [0, 0.1) is 0 Å². The highest BCUT2D eigenvalue weighted by atomic mass is 19.4. The van der Waals surface area contributed by atoms with E-state index >= 15 is 0 Å². The van der Waals surface area contributed by atoms with Crippen LogP contribution in [0.1, 0.15) is 24.0 Å². The number of aliphatic carboxylic acids is 1. The highest BCUT2D eigenvalue weighted by Gasteiger charge is 2.35. The maximum absolute atomic E-state index is 12.1. The van der Waals surface area contributed by atoms with Gasteiger partial charge in [-0.1, -0.05) is 0 Å². The molecule has 0 radical (unpaired) electrons. The van der Waals surface area contributed by atoms with E-state index in [2.05, 4.69) is 4.42 Å². The van der Waals surface area contributed by atoms with E-state index in [1.165, 1.54) is 0 Å². The van der Waals surface area contributed by atoms with E-state index in [1.807, 2.05) is 0 Å². The monoisotopic (exact) mass is 223 g/mol. The molecule has 1 heterocycles. The first-order chi connectivity index (χ1) is 6.80. The Kier molecular flexibility index (Phi) is 3.04. The van der Waals surface area contributed by atoms with Gasteiger partial charge in [0.25, 0.3) is 0 Å². The fourth-order valence-corrected chi connectivity index (χ4v) is 0.993. The summed E-state index contributed by atoms with van der Waals surface area (Å²) < 4.78 is 40.6. The molecule has 0 aliphatic rings. The summed E-state index contributed by atoms with van der Waals surface area (Å²) in [7, 11) is 0. The summed E-state index contributed by atoms with van der Waals surface area (Å²) in [5.74, 6) is -2.57. The summed E-state index contributed by atoms with van der Waals surface area (Å²) in [6.45, 7) is 0. The number of hydrogen-bond acceptors (Lipinski definition) is 3. The van der Waals surface area contributed by atoms with E-state index in [9.17, 15) is 18.0 Å². The molecule has 1 aromatic rings. The average molecular weight is 223 g/mol. The van der Waals surface area contributed by atoms with Crippen molar-refractivity contribution in [1.82, 2.24) is 0 Å². The van der Waals surface area contributed by atoms with Crippen LogP contribution in [0.4, 0.5) is 13.2 Å². The molecular weight excluding hydrogens is 215 g/mol. The fourth-order valence-electron chi connectivity index (χ4n) is 0.993. The Morgan fingerprint density at radius 1 is 1.53 bits per heavy atom. The van der Waals surface area contributed by atoms with E-state index in [4.69, 9.17) is 10.8 Å². The topological polar surface area (TPSA) is 76.5 Å². The number of halogens is 3. The SMILES string of the molecule is NC(CC(=O)O)c1ccc(C(F)(F)F)o1. The highest BCUT2D eigenvalue weighted by molar-refractivity contribution is 5.67. The zero-order valence-electron chi connectivity index (χ0n) is 7.41. The van der Waals surface area contributed by atoms with E-state index in [1.54, 1.807) is 0 Å². The third-order valence-corrected chi connectivity index (χ3v) is 1.67. The van der Waals surface area contributed by atoms with E-state index in [0.29, 0.717) is 0 Å². The minimum absolute atomic E-state index is 0.190. The Morgan fingerprint density at radius 3 is 2.53 bits per heavy atom. The van der Waals surface area contributed by atoms with Crippen LogP contribution < -0.4 is 5.73 Å². The van der Waals surface area contributed by atoms with Crippen molar-refractivity contribution in [3.8, 4) is 0 Å². The van der Waals surface area contributed by atoms with Gasteiger partial charge in [-0.15, -0.1) is 0 Å². The van der Waals surface area contributed by atoms with Gasteiger partial charge in [-0.2, -0.15) is 13.2 Å². The maximum atomic E-state index is 12.1. The maximum Gasteiger partial charge on any atom is 0.449 e. The van der Waals surface area contributed by atoms with Gasteiger partial charge in [-0.05, 0) is 12.1 Å². The Balaban J connectivity index is 2.80. The van der Waals surface area contributed by atoms with Gasteiger partial charge < -0.3 is 15.3 Å². The fraction of sp³-hybridized carbons (Fsp3) is 0.375. The third-order valence-electron chi connectivity index (χ3n) is 1.67. The van der Waals surface area contributed by atoms with Crippen molar-refractivity contribution in [2.24, 2.45) is 5.73 Å². The van der Waals surface area contributed by atoms with Gasteiger partial charge in [0.1, 0.15) is 5.76 Å².